The molecular formula is C26H25N5O3. The van der Waals surface area contributed by atoms with Crippen LogP contribution in [0.4, 0.5) is 5.82 Å². The summed E-state index contributed by atoms with van der Waals surface area (Å²) >= 11 is 0. The maximum atomic E-state index is 12.9. The molecular weight excluding hydrogens is 430 g/mol. The normalized spacial score (nSPS) is 15.9. The molecule has 2 aromatic carbocycles. The molecule has 0 spiro atoms. The molecule has 3 N–H and O–H groups in total. The first-order chi connectivity index (χ1) is 16.5. The Morgan fingerprint density at radius 1 is 1.15 bits per heavy atom. The molecule has 1 aliphatic rings. The number of amides is 1. The molecule has 1 aliphatic heterocycles. The zero-order valence-electron chi connectivity index (χ0n) is 18.6. The molecule has 172 valence electrons. The lowest BCUT2D eigenvalue weighted by Crippen LogP contribution is -2.40. The van der Waals surface area contributed by atoms with Crippen molar-refractivity contribution >= 4 is 22.6 Å². The number of fused-ring (bicyclic) bond motifs is 1. The van der Waals surface area contributed by atoms with Crippen LogP contribution in [0.1, 0.15) is 18.9 Å². The monoisotopic (exact) mass is 455 g/mol. The molecule has 0 bridgehead atoms. The Bertz CT molecular complexity index is 1410. The number of nitrogen functional groups attached to an aromatic ring is 1. The first kappa shape index (κ1) is 21.5. The van der Waals surface area contributed by atoms with Gasteiger partial charge in [-0.1, -0.05) is 36.9 Å². The number of aromatic nitrogens is 3. The van der Waals surface area contributed by atoms with Gasteiger partial charge in [-0.2, -0.15) is 5.10 Å². The third kappa shape index (κ3) is 3.94. The summed E-state index contributed by atoms with van der Waals surface area (Å²) in [6, 6.07) is 17.1. The van der Waals surface area contributed by atoms with E-state index in [0.29, 0.717) is 29.7 Å². The number of nitrogens with two attached hydrogens (primary N) is 1. The number of hydrogen-bond donors (Lipinski definition) is 2. The summed E-state index contributed by atoms with van der Waals surface area (Å²) in [6.45, 7) is 4.77. The molecule has 1 amide bonds. The van der Waals surface area contributed by atoms with Gasteiger partial charge in [-0.15, -0.1) is 0 Å². The van der Waals surface area contributed by atoms with E-state index in [-0.39, 0.29) is 23.3 Å². The minimum atomic E-state index is -0.313. The summed E-state index contributed by atoms with van der Waals surface area (Å²) in [6.07, 6.45) is 4.95. The maximum absolute atomic E-state index is 12.9. The number of carbonyl (C=O) groups excluding carboxylic acids is 1. The Hall–Kier alpha value is -4.33. The van der Waals surface area contributed by atoms with E-state index in [1.54, 1.807) is 4.90 Å². The summed E-state index contributed by atoms with van der Waals surface area (Å²) in [5, 5.41) is 7.11. The Balaban J connectivity index is 1.55. The Morgan fingerprint density at radius 2 is 1.88 bits per heavy atom. The number of rotatable bonds is 5. The molecule has 4 aromatic rings. The van der Waals surface area contributed by atoms with Crippen molar-refractivity contribution in [3.8, 4) is 22.6 Å². The van der Waals surface area contributed by atoms with Crippen LogP contribution in [-0.2, 0) is 4.79 Å². The van der Waals surface area contributed by atoms with E-state index in [0.717, 1.165) is 29.7 Å². The van der Waals surface area contributed by atoms with Gasteiger partial charge in [0.1, 0.15) is 17.0 Å². The van der Waals surface area contributed by atoms with E-state index in [2.05, 4.69) is 16.8 Å². The van der Waals surface area contributed by atoms with E-state index < -0.39 is 0 Å². The van der Waals surface area contributed by atoms with Crippen LogP contribution in [0.15, 0.2) is 78.2 Å². The number of likely N-dealkylation sites (tertiary alicyclic amines) is 1. The SMILES string of the molecule is C=CC(=O)N1CCCC(n2cc(-c3ccc(Oc4ccccc4)cc3)c3c(N)n[nH]c(=O)c32)C1. The topological polar surface area (TPSA) is 106 Å². The number of nitrogens with zero attached hydrogens (tertiary/aromatic N) is 3. The number of nitrogens with one attached hydrogen (secondary N) is 1. The highest BCUT2D eigenvalue weighted by atomic mass is 16.5. The van der Waals surface area contributed by atoms with E-state index >= 15 is 0 Å². The molecule has 1 unspecified atom stereocenters. The Morgan fingerprint density at radius 3 is 2.62 bits per heavy atom. The van der Waals surface area contributed by atoms with Crippen molar-refractivity contribution in [2.45, 2.75) is 18.9 Å². The first-order valence-electron chi connectivity index (χ1n) is 11.2. The van der Waals surface area contributed by atoms with Crippen molar-refractivity contribution < 1.29 is 9.53 Å². The minimum Gasteiger partial charge on any atom is -0.457 e. The third-order valence-corrected chi connectivity index (χ3v) is 6.20. The van der Waals surface area contributed by atoms with Crippen LogP contribution < -0.4 is 16.0 Å². The summed E-state index contributed by atoms with van der Waals surface area (Å²) in [5.41, 5.74) is 8.08. The van der Waals surface area contributed by atoms with Crippen LogP contribution in [0.3, 0.4) is 0 Å². The number of benzene rings is 2. The van der Waals surface area contributed by atoms with Crippen LogP contribution >= 0.6 is 0 Å². The van der Waals surface area contributed by atoms with E-state index in [1.807, 2.05) is 65.4 Å². The second kappa shape index (κ2) is 8.90. The summed E-state index contributed by atoms with van der Waals surface area (Å²) in [7, 11) is 0. The fourth-order valence-corrected chi connectivity index (χ4v) is 4.58. The van der Waals surface area contributed by atoms with Gasteiger partial charge >= 0.3 is 0 Å². The van der Waals surface area contributed by atoms with Crippen LogP contribution in [0.5, 0.6) is 11.5 Å². The highest BCUT2D eigenvalue weighted by Crippen LogP contribution is 2.36. The smallest absolute Gasteiger partial charge is 0.288 e. The van der Waals surface area contributed by atoms with Crippen LogP contribution in [-0.4, -0.2) is 38.7 Å². The largest absolute Gasteiger partial charge is 0.457 e. The molecule has 2 aromatic heterocycles. The zero-order valence-corrected chi connectivity index (χ0v) is 18.6. The average molecular weight is 456 g/mol. The number of hydrogen-bond acceptors (Lipinski definition) is 5. The highest BCUT2D eigenvalue weighted by molar-refractivity contribution is 6.02. The van der Waals surface area contributed by atoms with Crippen molar-refractivity contribution in [2.75, 3.05) is 18.8 Å². The van der Waals surface area contributed by atoms with Gasteiger partial charge in [-0.05, 0) is 48.7 Å². The highest BCUT2D eigenvalue weighted by Gasteiger charge is 2.27. The van der Waals surface area contributed by atoms with Gasteiger partial charge in [-0.3, -0.25) is 9.59 Å². The molecule has 0 aliphatic carbocycles. The summed E-state index contributed by atoms with van der Waals surface area (Å²) in [4.78, 5) is 26.8. The average Bonchev–Trinajstić information content (AvgIpc) is 3.29. The van der Waals surface area contributed by atoms with Gasteiger partial charge < -0.3 is 19.9 Å². The number of ether oxygens (including phenoxy) is 1. The molecule has 5 rings (SSSR count). The molecule has 8 heteroatoms. The van der Waals surface area contributed by atoms with Gasteiger partial charge in [0.05, 0.1) is 11.4 Å². The molecule has 0 radical (unpaired) electrons. The second-order valence-corrected chi connectivity index (χ2v) is 8.34. The number of aromatic amines is 1. The number of para-hydroxylation sites is 1. The molecule has 3 heterocycles. The van der Waals surface area contributed by atoms with Crippen molar-refractivity contribution in [1.29, 1.82) is 0 Å². The molecule has 8 nitrogen and oxygen atoms in total. The van der Waals surface area contributed by atoms with Crippen LogP contribution in [0.2, 0.25) is 0 Å². The number of H-pyrrole nitrogens is 1. The lowest BCUT2D eigenvalue weighted by atomic mass is 10.1. The van der Waals surface area contributed by atoms with Crippen LogP contribution in [0, 0.1) is 0 Å². The number of carbonyl (C=O) groups is 1. The molecule has 0 saturated carbocycles. The zero-order chi connectivity index (χ0) is 23.7. The van der Waals surface area contributed by atoms with Crippen molar-refractivity contribution in [3.63, 3.8) is 0 Å². The fourth-order valence-electron chi connectivity index (χ4n) is 4.58. The first-order valence-corrected chi connectivity index (χ1v) is 11.2. The van der Waals surface area contributed by atoms with E-state index in [9.17, 15) is 9.59 Å². The minimum absolute atomic E-state index is 0.0579. The quantitative estimate of drug-likeness (QED) is 0.441. The van der Waals surface area contributed by atoms with Gasteiger partial charge in [-0.25, -0.2) is 5.10 Å². The molecule has 1 saturated heterocycles. The predicted octanol–water partition coefficient (Wildman–Crippen LogP) is 4.12. The van der Waals surface area contributed by atoms with E-state index in [1.165, 1.54) is 6.08 Å². The third-order valence-electron chi connectivity index (χ3n) is 6.20. The molecule has 34 heavy (non-hydrogen) atoms. The van der Waals surface area contributed by atoms with Gasteiger partial charge in [0.25, 0.3) is 5.56 Å². The molecule has 1 atom stereocenters. The fraction of sp³-hybridized carbons (Fsp3) is 0.192. The number of anilines is 1. The Labute approximate surface area is 196 Å². The van der Waals surface area contributed by atoms with Crippen molar-refractivity contribution in [3.05, 3.63) is 83.8 Å². The van der Waals surface area contributed by atoms with Gasteiger partial charge in [0.2, 0.25) is 5.91 Å². The predicted molar refractivity (Wildman–Crippen MR) is 132 cm³/mol. The summed E-state index contributed by atoms with van der Waals surface area (Å²) in [5.74, 6) is 1.60. The number of piperidine rings is 1. The van der Waals surface area contributed by atoms with Gasteiger partial charge in [0, 0.05) is 24.8 Å². The molecule has 1 fully saturated rings. The van der Waals surface area contributed by atoms with E-state index in [4.69, 9.17) is 10.5 Å². The second-order valence-electron chi connectivity index (χ2n) is 8.34. The van der Waals surface area contributed by atoms with Crippen molar-refractivity contribution in [1.82, 2.24) is 19.7 Å². The maximum Gasteiger partial charge on any atom is 0.288 e. The van der Waals surface area contributed by atoms with Crippen molar-refractivity contribution in [2.24, 2.45) is 0 Å². The van der Waals surface area contributed by atoms with Gasteiger partial charge in [0.15, 0.2) is 5.82 Å². The van der Waals surface area contributed by atoms with Crippen LogP contribution in [0.25, 0.3) is 22.0 Å². The summed E-state index contributed by atoms with van der Waals surface area (Å²) < 4.78 is 7.84. The standard InChI is InChI=1S/C26H25N5O3/c1-2-22(32)30-14-6-7-18(15-30)31-16-21(23-24(31)26(33)29-28-25(23)27)17-10-12-20(13-11-17)34-19-8-4-3-5-9-19/h2-5,8-13,16,18H,1,6-7,14-15H2,(H2,27,28)(H,29,33). The lowest BCUT2D eigenvalue weighted by molar-refractivity contribution is -0.127. The Kier molecular flexibility index (Phi) is 5.63. The lowest BCUT2D eigenvalue weighted by Gasteiger charge is -2.33.